The fraction of sp³-hybridized carbons (Fsp3) is 0.222. The van der Waals surface area contributed by atoms with E-state index < -0.39 is 0 Å². The molecule has 14 heavy (non-hydrogen) atoms. The smallest absolute Gasteiger partial charge is 0.267 e. The van der Waals surface area contributed by atoms with Gasteiger partial charge in [-0.3, -0.25) is 0 Å². The number of rotatable bonds is 3. The lowest BCUT2D eigenvalue weighted by Crippen LogP contribution is -2.11. The molecule has 0 amide bonds. The van der Waals surface area contributed by atoms with Crippen molar-refractivity contribution in [1.82, 2.24) is 0 Å². The lowest BCUT2D eigenvalue weighted by atomic mass is 10.3. The molecule has 1 aromatic carbocycles. The van der Waals surface area contributed by atoms with E-state index in [0.29, 0.717) is 16.7 Å². The summed E-state index contributed by atoms with van der Waals surface area (Å²) in [4.78, 5) is 4.63. The van der Waals surface area contributed by atoms with E-state index in [0.717, 1.165) is 0 Å². The van der Waals surface area contributed by atoms with Crippen molar-refractivity contribution in [1.29, 1.82) is 0 Å². The van der Waals surface area contributed by atoms with Crippen LogP contribution in [0.25, 0.3) is 0 Å². The van der Waals surface area contributed by atoms with Crippen LogP contribution >= 0.6 is 11.6 Å². The van der Waals surface area contributed by atoms with Gasteiger partial charge in [0.1, 0.15) is 5.75 Å². The van der Waals surface area contributed by atoms with Crippen molar-refractivity contribution in [3.05, 3.63) is 29.3 Å². The van der Waals surface area contributed by atoms with Gasteiger partial charge >= 0.3 is 0 Å². The highest BCUT2D eigenvalue weighted by molar-refractivity contribution is 6.30. The van der Waals surface area contributed by atoms with Crippen molar-refractivity contribution in [2.75, 3.05) is 13.4 Å². The van der Waals surface area contributed by atoms with E-state index in [-0.39, 0.29) is 13.4 Å². The maximum atomic E-state index is 5.77. The number of halogens is 1. The van der Waals surface area contributed by atoms with Crippen molar-refractivity contribution in [2.24, 2.45) is 5.16 Å². The molecule has 0 aliphatic carbocycles. The number of hydrogen-bond acceptors (Lipinski definition) is 4. The van der Waals surface area contributed by atoms with Gasteiger partial charge in [0.15, 0.2) is 6.61 Å². The minimum atomic E-state index is 0.161. The molecule has 2 rings (SSSR count). The highest BCUT2D eigenvalue weighted by Crippen LogP contribution is 2.17. The summed E-state index contributed by atoms with van der Waals surface area (Å²) in [6, 6.07) is 7.12. The van der Waals surface area contributed by atoms with Crippen LogP contribution in [0, 0.1) is 0 Å². The Balaban J connectivity index is 1.91. The number of nitrogens with zero attached hydrogens (tertiary/aromatic N) is 1. The molecular weight excluding hydrogens is 206 g/mol. The van der Waals surface area contributed by atoms with Crippen molar-refractivity contribution in [3.8, 4) is 5.75 Å². The third-order valence-electron chi connectivity index (χ3n) is 1.60. The van der Waals surface area contributed by atoms with Crippen molar-refractivity contribution < 1.29 is 14.3 Å². The first-order valence-electron chi connectivity index (χ1n) is 4.04. The second-order valence-corrected chi connectivity index (χ2v) is 3.06. The van der Waals surface area contributed by atoms with Crippen LogP contribution in [0.1, 0.15) is 0 Å². The largest absolute Gasteiger partial charge is 0.484 e. The Hall–Kier alpha value is -1.42. The van der Waals surface area contributed by atoms with Crippen LogP contribution in [-0.4, -0.2) is 19.3 Å². The van der Waals surface area contributed by atoms with E-state index in [1.165, 1.54) is 0 Å². The second-order valence-electron chi connectivity index (χ2n) is 2.62. The average molecular weight is 214 g/mol. The first kappa shape index (κ1) is 9.15. The second kappa shape index (κ2) is 4.19. The molecule has 0 aromatic heterocycles. The molecule has 0 saturated carbocycles. The zero-order chi connectivity index (χ0) is 9.80. The van der Waals surface area contributed by atoms with Crippen molar-refractivity contribution in [2.45, 2.75) is 0 Å². The van der Waals surface area contributed by atoms with Gasteiger partial charge in [-0.2, -0.15) is 0 Å². The molecule has 5 heteroatoms. The molecule has 0 atom stereocenters. The molecule has 1 aliphatic heterocycles. The highest BCUT2D eigenvalue weighted by Gasteiger charge is 2.09. The van der Waals surface area contributed by atoms with Gasteiger partial charge in [-0.25, -0.2) is 0 Å². The first-order valence-corrected chi connectivity index (χ1v) is 4.42. The lowest BCUT2D eigenvalue weighted by molar-refractivity contribution is 0.0567. The Kier molecular flexibility index (Phi) is 2.74. The van der Waals surface area contributed by atoms with Gasteiger partial charge in [-0.15, -0.1) is 0 Å². The summed E-state index contributed by atoms with van der Waals surface area (Å²) >= 11 is 5.77. The van der Waals surface area contributed by atoms with Crippen LogP contribution in [0.15, 0.2) is 29.4 Å². The number of oxime groups is 1. The predicted molar refractivity (Wildman–Crippen MR) is 51.4 cm³/mol. The van der Waals surface area contributed by atoms with Gasteiger partial charge in [0.2, 0.25) is 0 Å². The Morgan fingerprint density at radius 3 is 3.14 bits per heavy atom. The van der Waals surface area contributed by atoms with Gasteiger partial charge in [-0.1, -0.05) is 17.7 Å². The number of ether oxygens (including phenoxy) is 2. The third-order valence-corrected chi connectivity index (χ3v) is 1.84. The lowest BCUT2D eigenvalue weighted by Gasteiger charge is -2.04. The highest BCUT2D eigenvalue weighted by atomic mass is 35.5. The molecule has 0 saturated heterocycles. The van der Waals surface area contributed by atoms with E-state index in [1.54, 1.807) is 12.1 Å². The quantitative estimate of drug-likeness (QED) is 0.772. The molecule has 0 bridgehead atoms. The zero-order valence-corrected chi connectivity index (χ0v) is 8.03. The third kappa shape index (κ3) is 2.29. The molecule has 1 heterocycles. The van der Waals surface area contributed by atoms with Gasteiger partial charge in [0.05, 0.1) is 0 Å². The van der Waals surface area contributed by atoms with Crippen molar-refractivity contribution in [3.63, 3.8) is 0 Å². The van der Waals surface area contributed by atoms with Crippen LogP contribution in [0.4, 0.5) is 0 Å². The van der Waals surface area contributed by atoms with Crippen LogP contribution in [-0.2, 0) is 9.57 Å². The van der Waals surface area contributed by atoms with Gasteiger partial charge in [0, 0.05) is 5.02 Å². The molecule has 0 spiro atoms. The molecule has 0 fully saturated rings. The monoisotopic (exact) mass is 213 g/mol. The van der Waals surface area contributed by atoms with E-state index in [1.807, 2.05) is 12.1 Å². The zero-order valence-electron chi connectivity index (χ0n) is 7.27. The Labute approximate surface area is 86.0 Å². The standard InChI is InChI=1S/C9H8ClNO3/c10-7-2-1-3-8(4-7)12-5-9-11-14-6-13-9/h1-4H,5-6H2. The molecule has 0 unspecified atom stereocenters. The molecule has 1 aromatic rings. The minimum Gasteiger partial charge on any atom is -0.484 e. The number of hydrogen-bond donors (Lipinski definition) is 0. The molecular formula is C9H8ClNO3. The Morgan fingerprint density at radius 1 is 1.50 bits per heavy atom. The van der Waals surface area contributed by atoms with Crippen LogP contribution < -0.4 is 4.74 Å². The molecule has 4 nitrogen and oxygen atoms in total. The van der Waals surface area contributed by atoms with E-state index in [2.05, 4.69) is 9.99 Å². The Morgan fingerprint density at radius 2 is 2.43 bits per heavy atom. The minimum absolute atomic E-state index is 0.161. The normalized spacial score (nSPS) is 14.2. The van der Waals surface area contributed by atoms with Crippen LogP contribution in [0.2, 0.25) is 5.02 Å². The fourth-order valence-corrected chi connectivity index (χ4v) is 1.17. The molecule has 1 aliphatic rings. The first-order chi connectivity index (χ1) is 6.84. The van der Waals surface area contributed by atoms with Crippen LogP contribution in [0.3, 0.4) is 0 Å². The predicted octanol–water partition coefficient (Wildman–Crippen LogP) is 2.04. The molecule has 0 radical (unpaired) electrons. The summed E-state index contributed by atoms with van der Waals surface area (Å²) in [5, 5.41) is 4.24. The SMILES string of the molecule is Clc1cccc(OCC2=NOCO2)c1. The van der Waals surface area contributed by atoms with Crippen LogP contribution in [0.5, 0.6) is 5.75 Å². The summed E-state index contributed by atoms with van der Waals surface area (Å²) in [6.45, 7) is 0.411. The maximum Gasteiger partial charge on any atom is 0.267 e. The van der Waals surface area contributed by atoms with Gasteiger partial charge < -0.3 is 14.3 Å². The average Bonchev–Trinajstić information content (AvgIpc) is 2.67. The summed E-state index contributed by atoms with van der Waals surface area (Å²) < 4.78 is 10.3. The van der Waals surface area contributed by atoms with Crippen molar-refractivity contribution >= 4 is 17.5 Å². The molecule has 0 N–H and O–H groups in total. The van der Waals surface area contributed by atoms with E-state index in [4.69, 9.17) is 21.1 Å². The summed E-state index contributed by atoms with van der Waals surface area (Å²) in [5.41, 5.74) is 0. The summed E-state index contributed by atoms with van der Waals surface area (Å²) in [6.07, 6.45) is 0. The fourth-order valence-electron chi connectivity index (χ4n) is 0.989. The number of benzene rings is 1. The summed E-state index contributed by atoms with van der Waals surface area (Å²) in [5.74, 6) is 1.11. The molecule has 74 valence electrons. The van der Waals surface area contributed by atoms with E-state index in [9.17, 15) is 0 Å². The Bertz CT molecular complexity index is 354. The van der Waals surface area contributed by atoms with Gasteiger partial charge in [0.25, 0.3) is 12.7 Å². The topological polar surface area (TPSA) is 40.0 Å². The summed E-state index contributed by atoms with van der Waals surface area (Å²) in [7, 11) is 0. The van der Waals surface area contributed by atoms with E-state index >= 15 is 0 Å². The van der Waals surface area contributed by atoms with Gasteiger partial charge in [-0.05, 0) is 23.4 Å². The maximum absolute atomic E-state index is 5.77.